The highest BCUT2D eigenvalue weighted by Crippen LogP contribution is 2.34. The molecule has 0 saturated heterocycles. The quantitative estimate of drug-likeness (QED) is 0.00559. The van der Waals surface area contributed by atoms with Gasteiger partial charge in [0.25, 0.3) is 5.91 Å². The van der Waals surface area contributed by atoms with E-state index in [1.807, 2.05) is 135 Å². The minimum absolute atomic E-state index is 0.0475. The van der Waals surface area contributed by atoms with Crippen molar-refractivity contribution in [3.05, 3.63) is 185 Å². The molecule has 21 heteroatoms. The van der Waals surface area contributed by atoms with Gasteiger partial charge in [-0.25, -0.2) is 14.7 Å². The summed E-state index contributed by atoms with van der Waals surface area (Å²) in [7, 11) is -0.682. The van der Waals surface area contributed by atoms with Crippen molar-refractivity contribution in [1.82, 2.24) is 21.0 Å². The van der Waals surface area contributed by atoms with Crippen LogP contribution in [0.4, 0.5) is 0 Å². The van der Waals surface area contributed by atoms with Gasteiger partial charge in [-0.1, -0.05) is 161 Å². The fourth-order valence-electron chi connectivity index (χ4n) is 7.80. The molecule has 1 heterocycles. The molecule has 4 atom stereocenters. The lowest BCUT2D eigenvalue weighted by atomic mass is 9.90. The van der Waals surface area contributed by atoms with Crippen molar-refractivity contribution in [2.45, 2.75) is 90.9 Å². The number of amides is 3. The Hall–Kier alpha value is -8.10. The molecule has 5 aromatic carbocycles. The molecular weight excluding hydrogens is 1060 g/mol. The fourth-order valence-corrected chi connectivity index (χ4v) is 8.27. The minimum Gasteiger partial charge on any atom is -0.481 e. The zero-order valence-corrected chi connectivity index (χ0v) is 46.4. The van der Waals surface area contributed by atoms with Crippen molar-refractivity contribution < 1.29 is 75.7 Å². The summed E-state index contributed by atoms with van der Waals surface area (Å²) in [5, 5.41) is 9.14. The summed E-state index contributed by atoms with van der Waals surface area (Å²) in [6.07, 6.45) is 4.28. The van der Waals surface area contributed by atoms with E-state index in [1.54, 1.807) is 19.2 Å². The van der Waals surface area contributed by atoms with Gasteiger partial charge in [0.15, 0.2) is 25.4 Å². The van der Waals surface area contributed by atoms with Crippen LogP contribution in [0.15, 0.2) is 156 Å². The Morgan fingerprint density at radius 1 is 0.679 bits per heavy atom. The number of hydroxylamine groups is 2. The Morgan fingerprint density at radius 2 is 1.26 bits per heavy atom. The van der Waals surface area contributed by atoms with Gasteiger partial charge in [-0.3, -0.25) is 33.3 Å². The molecule has 1 aromatic heterocycles. The van der Waals surface area contributed by atoms with Gasteiger partial charge in [-0.05, 0) is 66.4 Å². The summed E-state index contributed by atoms with van der Waals surface area (Å²) in [5.41, 5.74) is 4.13. The van der Waals surface area contributed by atoms with E-state index in [9.17, 15) is 38.5 Å². The average Bonchev–Trinajstić information content (AvgIpc) is 4.02. The van der Waals surface area contributed by atoms with Gasteiger partial charge < -0.3 is 48.7 Å². The molecule has 6 rings (SSSR count). The minimum atomic E-state index is -2.29. The highest BCUT2D eigenvalue weighted by Gasteiger charge is 2.32. The molecule has 4 unspecified atom stereocenters. The molecule has 0 aliphatic rings. The van der Waals surface area contributed by atoms with Crippen LogP contribution in [0.25, 0.3) is 11.3 Å². The van der Waals surface area contributed by atoms with E-state index in [0.29, 0.717) is 37.5 Å². The molecule has 0 aliphatic heterocycles. The third-order valence-electron chi connectivity index (χ3n) is 12.1. The number of unbranched alkanes of at least 4 members (excludes halogenated alkanes) is 2. The second-order valence-corrected chi connectivity index (χ2v) is 18.9. The first-order valence-corrected chi connectivity index (χ1v) is 27.4. The molecule has 0 fully saturated rings. The Balaban J connectivity index is 0.000000416. The number of likely N-dealkylation sites (N-methyl/N-ethyl adjacent to an activating group) is 1. The van der Waals surface area contributed by atoms with Gasteiger partial charge in [-0.2, -0.15) is 0 Å². The van der Waals surface area contributed by atoms with E-state index in [2.05, 4.69) is 16.0 Å². The Bertz CT molecular complexity index is 2850. The number of hydrogen-bond acceptors (Lipinski definition) is 17. The number of esters is 3. The normalized spacial score (nSPS) is 12.2. The first-order chi connectivity index (χ1) is 39.4. The highest BCUT2D eigenvalue weighted by molar-refractivity contribution is 7.40. The molecule has 3 amide bonds. The van der Waals surface area contributed by atoms with Crippen molar-refractivity contribution in [2.75, 3.05) is 27.1 Å². The number of nitrogens with one attached hydrogen (secondary N) is 3. The van der Waals surface area contributed by atoms with E-state index >= 15 is 0 Å². The smallest absolute Gasteiger partial charge is 0.344 e. The van der Waals surface area contributed by atoms with Gasteiger partial charge in [-0.15, -0.1) is 0 Å². The third kappa shape index (κ3) is 22.9. The van der Waals surface area contributed by atoms with Gasteiger partial charge in [0, 0.05) is 5.56 Å². The first kappa shape index (κ1) is 63.7. The SMILES string of the molecule is CCCCCC(C(=O)NCNC(=O)c1ccc(-c2ccc(C=O)c(OCC(=O)OCc3ccccc3)c2)o1)C(CC)N(C=O)OCOP(O)OCc1ccccc1.CNC(CC(=O)OCc1ccccc1)C(=O)OCc1ccccc1. The Morgan fingerprint density at radius 3 is 1.81 bits per heavy atom. The summed E-state index contributed by atoms with van der Waals surface area (Å²) in [4.78, 5) is 102. The average molecular weight is 1130 g/mol. The maximum absolute atomic E-state index is 13.5. The summed E-state index contributed by atoms with van der Waals surface area (Å²) in [6.45, 7) is 3.25. The molecule has 0 bridgehead atoms. The van der Waals surface area contributed by atoms with Crippen LogP contribution < -0.4 is 20.7 Å². The fraction of sp³-hybridized carbons (Fsp3) is 0.317. The molecule has 0 radical (unpaired) electrons. The lowest BCUT2D eigenvalue weighted by Crippen LogP contribution is -2.48. The van der Waals surface area contributed by atoms with E-state index in [0.717, 1.165) is 40.2 Å². The van der Waals surface area contributed by atoms with E-state index in [1.165, 1.54) is 18.2 Å². The van der Waals surface area contributed by atoms with Gasteiger partial charge in [0.05, 0.1) is 37.2 Å². The predicted octanol–water partition coefficient (Wildman–Crippen LogP) is 8.91. The zero-order chi connectivity index (χ0) is 58.0. The zero-order valence-electron chi connectivity index (χ0n) is 45.5. The van der Waals surface area contributed by atoms with Crippen LogP contribution in [0.1, 0.15) is 95.5 Å². The third-order valence-corrected chi connectivity index (χ3v) is 12.8. The Labute approximate surface area is 472 Å². The lowest BCUT2D eigenvalue weighted by Gasteiger charge is -2.32. The molecule has 6 aromatic rings. The van der Waals surface area contributed by atoms with Gasteiger partial charge in [0.1, 0.15) is 37.4 Å². The number of benzene rings is 5. The number of carbonyl (C=O) groups excluding carboxylic acids is 7. The van der Waals surface area contributed by atoms with Crippen LogP contribution in [0, 0.1) is 5.92 Å². The molecule has 20 nitrogen and oxygen atoms in total. The Kier molecular flexibility index (Phi) is 28.5. The molecule has 0 spiro atoms. The van der Waals surface area contributed by atoms with Crippen molar-refractivity contribution in [3.8, 4) is 17.1 Å². The van der Waals surface area contributed by atoms with Crippen molar-refractivity contribution >= 4 is 51.0 Å². The van der Waals surface area contributed by atoms with Crippen LogP contribution in [0.2, 0.25) is 0 Å². The number of rotatable bonds is 34. The maximum atomic E-state index is 13.5. The molecule has 0 aliphatic carbocycles. The van der Waals surface area contributed by atoms with Gasteiger partial charge >= 0.3 is 26.5 Å². The maximum Gasteiger partial charge on any atom is 0.344 e. The summed E-state index contributed by atoms with van der Waals surface area (Å²) >= 11 is 0. The van der Waals surface area contributed by atoms with Crippen molar-refractivity contribution in [2.24, 2.45) is 5.92 Å². The summed E-state index contributed by atoms with van der Waals surface area (Å²) in [5.74, 6) is -2.89. The van der Waals surface area contributed by atoms with Crippen LogP contribution in [-0.4, -0.2) is 91.6 Å². The van der Waals surface area contributed by atoms with E-state index in [-0.39, 0.29) is 62.4 Å². The van der Waals surface area contributed by atoms with E-state index in [4.69, 9.17) is 37.2 Å². The predicted molar refractivity (Wildman–Crippen MR) is 299 cm³/mol. The van der Waals surface area contributed by atoms with E-state index < -0.39 is 69.7 Å². The molecule has 0 saturated carbocycles. The molecule has 4 N–H and O–H groups in total. The molecular formula is C60H69N4O16P. The van der Waals surface area contributed by atoms with Crippen molar-refractivity contribution in [1.29, 1.82) is 0 Å². The topological polar surface area (TPSA) is 257 Å². The van der Waals surface area contributed by atoms with Crippen LogP contribution >= 0.6 is 8.60 Å². The number of nitrogens with zero attached hydrogens (tertiary/aromatic N) is 1. The largest absolute Gasteiger partial charge is 0.481 e. The number of aldehydes is 1. The monoisotopic (exact) mass is 1130 g/mol. The molecule has 81 heavy (non-hydrogen) atoms. The number of carbonyl (C=O) groups is 7. The van der Waals surface area contributed by atoms with Crippen LogP contribution in [-0.2, 0) is 78.5 Å². The summed E-state index contributed by atoms with van der Waals surface area (Å²) in [6, 6.07) is 43.4. The van der Waals surface area contributed by atoms with Crippen molar-refractivity contribution in [3.63, 3.8) is 0 Å². The van der Waals surface area contributed by atoms with Crippen LogP contribution in [0.3, 0.4) is 0 Å². The second-order valence-electron chi connectivity index (χ2n) is 17.9. The summed E-state index contributed by atoms with van der Waals surface area (Å²) < 4.78 is 37.6. The van der Waals surface area contributed by atoms with Gasteiger partial charge in [0.2, 0.25) is 12.3 Å². The number of hydrogen-bond donors (Lipinski definition) is 4. The van der Waals surface area contributed by atoms with Crippen LogP contribution in [0.5, 0.6) is 5.75 Å². The first-order valence-electron chi connectivity index (χ1n) is 26.2. The number of furan rings is 1. The highest BCUT2D eigenvalue weighted by atomic mass is 31.2. The molecule has 430 valence electrons. The number of ether oxygens (including phenoxy) is 4. The second kappa shape index (κ2) is 36.2. The lowest BCUT2D eigenvalue weighted by molar-refractivity contribution is -0.220. The standard InChI is InChI=1S/C41H48N3O12P.C19H21NO4/c1-3-5-8-17-34(35(4-2)44(28-46)53-29-55-57(50)54-25-31-15-11-7-12-16-31)40(48)42-27-43-41(49)37-21-20-36(56-37)32-18-19-33(23-45)38(22-32)51-26-39(47)52-24-30-13-9-6-10-14-30;1-20-17(19(22)24-14-16-10-6-3-7-11-16)12-18(21)23-13-15-8-4-2-5-9-15/h6-7,9-16,18-23,28,34-35,50H,3-5,8,17,24-27,29H2,1-2H3,(H,42,48)(H,43,49);2-11,17,20H,12-14H2,1H3.